The maximum absolute atomic E-state index is 10.8. The molecule has 1 unspecified atom stereocenters. The smallest absolute Gasteiger partial charge is 0.335 e. The number of carboxylic acids is 1. The van der Waals surface area contributed by atoms with Gasteiger partial charge in [0, 0.05) is 13.1 Å². The van der Waals surface area contributed by atoms with E-state index in [9.17, 15) is 4.79 Å². The topological polar surface area (TPSA) is 49.8 Å². The molecule has 0 spiro atoms. The quantitative estimate of drug-likeness (QED) is 0.867. The van der Waals surface area contributed by atoms with Gasteiger partial charge in [-0.2, -0.15) is 0 Å². The average Bonchev–Trinajstić information content (AvgIpc) is 2.67. The second-order valence-electron chi connectivity index (χ2n) is 4.58. The Morgan fingerprint density at radius 2 is 2.29 bits per heavy atom. The number of nitrogens with zero attached hydrogens (tertiary/aromatic N) is 1. The third-order valence-electron chi connectivity index (χ3n) is 3.06. The summed E-state index contributed by atoms with van der Waals surface area (Å²) in [5.41, 5.74) is 1.18. The summed E-state index contributed by atoms with van der Waals surface area (Å²) < 4.78 is 5.88. The fraction of sp³-hybridized carbons (Fsp3) is 0.462. The Morgan fingerprint density at radius 3 is 2.82 bits per heavy atom. The third kappa shape index (κ3) is 2.77. The van der Waals surface area contributed by atoms with Gasteiger partial charge in [0.1, 0.15) is 11.9 Å². The molecule has 0 radical (unpaired) electrons. The average molecular weight is 235 g/mol. The number of carbonyl (C=O) groups is 1. The molecule has 2 rings (SSSR count). The van der Waals surface area contributed by atoms with Gasteiger partial charge >= 0.3 is 5.97 Å². The van der Waals surface area contributed by atoms with Crippen molar-refractivity contribution in [3.8, 4) is 5.75 Å². The zero-order valence-corrected chi connectivity index (χ0v) is 10.1. The normalized spacial score (nSPS) is 20.5. The molecule has 1 aliphatic heterocycles. The minimum absolute atomic E-state index is 0.217. The van der Waals surface area contributed by atoms with E-state index in [4.69, 9.17) is 9.84 Å². The number of likely N-dealkylation sites (tertiary alicyclic amines) is 1. The molecule has 4 heteroatoms. The molecule has 4 nitrogen and oxygen atoms in total. The van der Waals surface area contributed by atoms with Gasteiger partial charge in [0.05, 0.1) is 5.56 Å². The number of ether oxygens (including phenoxy) is 1. The van der Waals surface area contributed by atoms with Gasteiger partial charge in [-0.1, -0.05) is 0 Å². The Morgan fingerprint density at radius 1 is 1.53 bits per heavy atom. The molecule has 0 amide bonds. The second kappa shape index (κ2) is 4.75. The monoisotopic (exact) mass is 235 g/mol. The third-order valence-corrected chi connectivity index (χ3v) is 3.06. The summed E-state index contributed by atoms with van der Waals surface area (Å²) in [5.74, 6) is -0.115. The molecular weight excluding hydrogens is 218 g/mol. The first-order valence-corrected chi connectivity index (χ1v) is 5.75. The van der Waals surface area contributed by atoms with Crippen LogP contribution in [-0.4, -0.2) is 42.2 Å². The van der Waals surface area contributed by atoms with Crippen molar-refractivity contribution >= 4 is 5.97 Å². The lowest BCUT2D eigenvalue weighted by Gasteiger charge is -2.15. The number of aryl methyl sites for hydroxylation is 1. The van der Waals surface area contributed by atoms with Crippen molar-refractivity contribution in [3.63, 3.8) is 0 Å². The summed E-state index contributed by atoms with van der Waals surface area (Å²) in [6.45, 7) is 3.86. The highest BCUT2D eigenvalue weighted by Gasteiger charge is 2.21. The molecule has 92 valence electrons. The number of hydrogen-bond donors (Lipinski definition) is 1. The van der Waals surface area contributed by atoms with Crippen molar-refractivity contribution in [3.05, 3.63) is 29.3 Å². The van der Waals surface area contributed by atoms with E-state index < -0.39 is 5.97 Å². The number of aromatic carboxylic acids is 1. The zero-order chi connectivity index (χ0) is 12.4. The first kappa shape index (κ1) is 11.9. The fourth-order valence-corrected chi connectivity index (χ4v) is 2.08. The van der Waals surface area contributed by atoms with Crippen molar-refractivity contribution in [2.24, 2.45) is 0 Å². The number of rotatable bonds is 3. The summed E-state index contributed by atoms with van der Waals surface area (Å²) in [6, 6.07) is 4.98. The Kier molecular flexibility index (Phi) is 3.33. The van der Waals surface area contributed by atoms with Crippen LogP contribution >= 0.6 is 0 Å². The molecule has 1 N–H and O–H groups in total. The zero-order valence-electron chi connectivity index (χ0n) is 10.1. The predicted molar refractivity (Wildman–Crippen MR) is 64.7 cm³/mol. The van der Waals surface area contributed by atoms with Gasteiger partial charge in [-0.05, 0) is 44.2 Å². The molecule has 17 heavy (non-hydrogen) atoms. The Hall–Kier alpha value is -1.55. The van der Waals surface area contributed by atoms with Crippen LogP contribution in [0.5, 0.6) is 5.75 Å². The standard InChI is InChI=1S/C13H17NO3/c1-9-7-10(13(15)16)3-4-12(9)17-11-5-6-14(2)8-11/h3-4,7,11H,5-6,8H2,1-2H3,(H,15,16). The van der Waals surface area contributed by atoms with Crippen LogP contribution in [0.4, 0.5) is 0 Å². The van der Waals surface area contributed by atoms with Crippen molar-refractivity contribution < 1.29 is 14.6 Å². The number of likely N-dealkylation sites (N-methyl/N-ethyl adjacent to an activating group) is 1. The van der Waals surface area contributed by atoms with E-state index in [1.165, 1.54) is 0 Å². The number of hydrogen-bond acceptors (Lipinski definition) is 3. The van der Waals surface area contributed by atoms with Crippen molar-refractivity contribution in [2.75, 3.05) is 20.1 Å². The van der Waals surface area contributed by atoms with Crippen molar-refractivity contribution in [2.45, 2.75) is 19.4 Å². The van der Waals surface area contributed by atoms with Gasteiger partial charge in [-0.25, -0.2) is 4.79 Å². The number of benzene rings is 1. The first-order chi connectivity index (χ1) is 8.06. The molecule has 1 aromatic carbocycles. The molecule has 1 saturated heterocycles. The maximum atomic E-state index is 10.8. The van der Waals surface area contributed by atoms with Gasteiger partial charge in [-0.15, -0.1) is 0 Å². The molecule has 1 fully saturated rings. The Balaban J connectivity index is 2.09. The van der Waals surface area contributed by atoms with Crippen LogP contribution in [0.15, 0.2) is 18.2 Å². The van der Waals surface area contributed by atoms with Crippen LogP contribution in [0.2, 0.25) is 0 Å². The van der Waals surface area contributed by atoms with E-state index >= 15 is 0 Å². The molecule has 1 heterocycles. The molecule has 0 bridgehead atoms. The molecule has 0 aromatic heterocycles. The van der Waals surface area contributed by atoms with Crippen LogP contribution < -0.4 is 4.74 Å². The Bertz CT molecular complexity index is 431. The summed E-state index contributed by atoms with van der Waals surface area (Å²) in [7, 11) is 2.07. The van der Waals surface area contributed by atoms with Gasteiger partial charge in [0.2, 0.25) is 0 Å². The van der Waals surface area contributed by atoms with Crippen molar-refractivity contribution in [1.29, 1.82) is 0 Å². The van der Waals surface area contributed by atoms with E-state index in [0.717, 1.165) is 30.8 Å². The molecule has 1 atom stereocenters. The van der Waals surface area contributed by atoms with Crippen LogP contribution in [0.1, 0.15) is 22.3 Å². The van der Waals surface area contributed by atoms with Gasteiger partial charge in [-0.3, -0.25) is 0 Å². The lowest BCUT2D eigenvalue weighted by molar-refractivity contribution is 0.0696. The van der Waals surface area contributed by atoms with Crippen molar-refractivity contribution in [1.82, 2.24) is 4.90 Å². The molecule has 0 aliphatic carbocycles. The molecule has 0 saturated carbocycles. The maximum Gasteiger partial charge on any atom is 0.335 e. The van der Waals surface area contributed by atoms with Gasteiger partial charge < -0.3 is 14.7 Å². The van der Waals surface area contributed by atoms with Crippen LogP contribution in [-0.2, 0) is 0 Å². The predicted octanol–water partition coefficient (Wildman–Crippen LogP) is 1.78. The largest absolute Gasteiger partial charge is 0.489 e. The van der Waals surface area contributed by atoms with E-state index in [-0.39, 0.29) is 6.10 Å². The molecule has 1 aliphatic rings. The SMILES string of the molecule is Cc1cc(C(=O)O)ccc1OC1CCN(C)C1. The molecular formula is C13H17NO3. The first-order valence-electron chi connectivity index (χ1n) is 5.75. The lowest BCUT2D eigenvalue weighted by Crippen LogP contribution is -2.21. The second-order valence-corrected chi connectivity index (χ2v) is 4.58. The van der Waals surface area contributed by atoms with E-state index in [2.05, 4.69) is 11.9 Å². The number of carboxylic acid groups (broad SMARTS) is 1. The fourth-order valence-electron chi connectivity index (χ4n) is 2.08. The highest BCUT2D eigenvalue weighted by atomic mass is 16.5. The lowest BCUT2D eigenvalue weighted by atomic mass is 10.1. The van der Waals surface area contributed by atoms with Gasteiger partial charge in [0.15, 0.2) is 0 Å². The summed E-state index contributed by atoms with van der Waals surface area (Å²) in [6.07, 6.45) is 1.24. The van der Waals surface area contributed by atoms with E-state index in [0.29, 0.717) is 5.56 Å². The highest BCUT2D eigenvalue weighted by molar-refractivity contribution is 5.88. The van der Waals surface area contributed by atoms with Crippen LogP contribution in [0, 0.1) is 6.92 Å². The summed E-state index contributed by atoms with van der Waals surface area (Å²) >= 11 is 0. The minimum atomic E-state index is -0.903. The summed E-state index contributed by atoms with van der Waals surface area (Å²) in [5, 5.41) is 8.87. The van der Waals surface area contributed by atoms with Crippen LogP contribution in [0.3, 0.4) is 0 Å². The Labute approximate surface area is 101 Å². The highest BCUT2D eigenvalue weighted by Crippen LogP contribution is 2.23. The van der Waals surface area contributed by atoms with Crippen LogP contribution in [0.25, 0.3) is 0 Å². The minimum Gasteiger partial charge on any atom is -0.489 e. The summed E-state index contributed by atoms with van der Waals surface area (Å²) in [4.78, 5) is 13.0. The van der Waals surface area contributed by atoms with E-state index in [1.54, 1.807) is 18.2 Å². The molecule has 1 aromatic rings. The van der Waals surface area contributed by atoms with Gasteiger partial charge in [0.25, 0.3) is 0 Å². The van der Waals surface area contributed by atoms with E-state index in [1.807, 2.05) is 6.92 Å².